The van der Waals surface area contributed by atoms with Crippen molar-refractivity contribution in [2.24, 2.45) is 0 Å². The maximum absolute atomic E-state index is 5.24. The molecule has 3 heteroatoms. The summed E-state index contributed by atoms with van der Waals surface area (Å²) < 4.78 is 0. The van der Waals surface area contributed by atoms with Crippen molar-refractivity contribution in [3.63, 3.8) is 0 Å². The molecule has 2 N–H and O–H groups in total. The first-order valence-corrected chi connectivity index (χ1v) is 5.96. The number of nitrogens with one attached hydrogen (secondary N) is 2. The summed E-state index contributed by atoms with van der Waals surface area (Å²) in [5.41, 5.74) is 4.85. The third-order valence-corrected chi connectivity index (χ3v) is 2.56. The molecule has 88 valence electrons. The minimum Gasteiger partial charge on any atom is -0.360 e. The summed E-state index contributed by atoms with van der Waals surface area (Å²) in [7, 11) is 0. The highest BCUT2D eigenvalue weighted by molar-refractivity contribution is 7.80. The first-order chi connectivity index (χ1) is 7.40. The van der Waals surface area contributed by atoms with Crippen LogP contribution in [0.1, 0.15) is 30.5 Å². The SMILES string of the molecule is Cc1cc(C)c(NC(=S)NC(C)C)c(C)c1. The highest BCUT2D eigenvalue weighted by atomic mass is 32.1. The summed E-state index contributed by atoms with van der Waals surface area (Å²) in [5.74, 6) is 0. The number of benzene rings is 1. The maximum atomic E-state index is 5.24. The first-order valence-electron chi connectivity index (χ1n) is 5.55. The summed E-state index contributed by atoms with van der Waals surface area (Å²) in [6.07, 6.45) is 0. The van der Waals surface area contributed by atoms with Gasteiger partial charge in [-0.15, -0.1) is 0 Å². The molecule has 0 radical (unpaired) electrons. The van der Waals surface area contributed by atoms with E-state index in [0.717, 1.165) is 5.69 Å². The van der Waals surface area contributed by atoms with Crippen molar-refractivity contribution in [1.82, 2.24) is 5.32 Å². The maximum Gasteiger partial charge on any atom is 0.170 e. The molecule has 1 rings (SSSR count). The molecule has 0 unspecified atom stereocenters. The van der Waals surface area contributed by atoms with Crippen molar-refractivity contribution in [3.8, 4) is 0 Å². The van der Waals surface area contributed by atoms with Crippen LogP contribution in [0.5, 0.6) is 0 Å². The molecule has 0 aliphatic rings. The molecular weight excluding hydrogens is 216 g/mol. The molecular formula is C13H20N2S. The quantitative estimate of drug-likeness (QED) is 0.770. The third kappa shape index (κ3) is 3.49. The fourth-order valence-electron chi connectivity index (χ4n) is 1.79. The van der Waals surface area contributed by atoms with Gasteiger partial charge in [-0.3, -0.25) is 0 Å². The van der Waals surface area contributed by atoms with Gasteiger partial charge in [0.1, 0.15) is 0 Å². The zero-order valence-electron chi connectivity index (χ0n) is 10.6. The predicted molar refractivity (Wildman–Crippen MR) is 75.1 cm³/mol. The molecule has 2 nitrogen and oxygen atoms in total. The molecule has 0 saturated heterocycles. The number of hydrogen-bond acceptors (Lipinski definition) is 1. The molecule has 0 aromatic heterocycles. The second-order valence-corrected chi connectivity index (χ2v) is 4.94. The van der Waals surface area contributed by atoms with E-state index in [9.17, 15) is 0 Å². The van der Waals surface area contributed by atoms with E-state index in [2.05, 4.69) is 57.4 Å². The summed E-state index contributed by atoms with van der Waals surface area (Å²) in [5, 5.41) is 7.12. The molecule has 0 aliphatic heterocycles. The van der Waals surface area contributed by atoms with E-state index in [1.165, 1.54) is 16.7 Å². The number of hydrogen-bond donors (Lipinski definition) is 2. The van der Waals surface area contributed by atoms with Gasteiger partial charge < -0.3 is 10.6 Å². The molecule has 1 aromatic rings. The Morgan fingerprint density at radius 1 is 1.12 bits per heavy atom. The molecule has 1 aromatic carbocycles. The largest absolute Gasteiger partial charge is 0.360 e. The van der Waals surface area contributed by atoms with Crippen molar-refractivity contribution in [3.05, 3.63) is 28.8 Å². The lowest BCUT2D eigenvalue weighted by Gasteiger charge is -2.17. The Morgan fingerprint density at radius 3 is 2.06 bits per heavy atom. The van der Waals surface area contributed by atoms with Gasteiger partial charge in [0.05, 0.1) is 0 Å². The first kappa shape index (κ1) is 13.0. The van der Waals surface area contributed by atoms with Crippen LogP contribution in [0.15, 0.2) is 12.1 Å². The van der Waals surface area contributed by atoms with Crippen molar-refractivity contribution < 1.29 is 0 Å². The van der Waals surface area contributed by atoms with Crippen molar-refractivity contribution in [2.45, 2.75) is 40.7 Å². The Bertz CT molecular complexity index is 374. The normalized spacial score (nSPS) is 10.4. The Morgan fingerprint density at radius 2 is 1.62 bits per heavy atom. The van der Waals surface area contributed by atoms with Crippen LogP contribution in [0.3, 0.4) is 0 Å². The number of aryl methyl sites for hydroxylation is 3. The lowest BCUT2D eigenvalue weighted by molar-refractivity contribution is 0.739. The van der Waals surface area contributed by atoms with Crippen LogP contribution in [-0.4, -0.2) is 11.2 Å². The molecule has 16 heavy (non-hydrogen) atoms. The van der Waals surface area contributed by atoms with Crippen molar-refractivity contribution in [2.75, 3.05) is 5.32 Å². The van der Waals surface area contributed by atoms with Crippen molar-refractivity contribution >= 4 is 23.0 Å². The smallest absolute Gasteiger partial charge is 0.170 e. The minimum atomic E-state index is 0.353. The van der Waals surface area contributed by atoms with Gasteiger partial charge in [0.15, 0.2) is 5.11 Å². The Hall–Kier alpha value is -1.09. The fraction of sp³-hybridized carbons (Fsp3) is 0.462. The number of rotatable bonds is 2. The summed E-state index contributed by atoms with van der Waals surface area (Å²) >= 11 is 5.24. The second-order valence-electron chi connectivity index (χ2n) is 4.53. The van der Waals surface area contributed by atoms with Crippen LogP contribution in [0, 0.1) is 20.8 Å². The van der Waals surface area contributed by atoms with Crippen LogP contribution < -0.4 is 10.6 Å². The van der Waals surface area contributed by atoms with Gasteiger partial charge in [-0.25, -0.2) is 0 Å². The highest BCUT2D eigenvalue weighted by Crippen LogP contribution is 2.21. The van der Waals surface area contributed by atoms with Crippen LogP contribution in [-0.2, 0) is 0 Å². The van der Waals surface area contributed by atoms with Gasteiger partial charge in [-0.2, -0.15) is 0 Å². The average Bonchev–Trinajstić information content (AvgIpc) is 2.09. The molecule has 0 spiro atoms. The molecule has 0 saturated carbocycles. The monoisotopic (exact) mass is 236 g/mol. The zero-order valence-corrected chi connectivity index (χ0v) is 11.5. The Balaban J connectivity index is 2.85. The predicted octanol–water partition coefficient (Wildman–Crippen LogP) is 3.31. The average molecular weight is 236 g/mol. The van der Waals surface area contributed by atoms with E-state index in [0.29, 0.717) is 11.2 Å². The van der Waals surface area contributed by atoms with Crippen LogP contribution in [0.4, 0.5) is 5.69 Å². The van der Waals surface area contributed by atoms with Gasteiger partial charge in [-0.1, -0.05) is 17.7 Å². The molecule has 0 heterocycles. The zero-order chi connectivity index (χ0) is 12.3. The topological polar surface area (TPSA) is 24.1 Å². The second kappa shape index (κ2) is 5.30. The number of anilines is 1. The lowest BCUT2D eigenvalue weighted by Crippen LogP contribution is -2.34. The molecule has 0 amide bonds. The van der Waals surface area contributed by atoms with Gasteiger partial charge in [0.2, 0.25) is 0 Å². The van der Waals surface area contributed by atoms with E-state index in [4.69, 9.17) is 12.2 Å². The van der Waals surface area contributed by atoms with E-state index in [1.54, 1.807) is 0 Å². The Kier molecular flexibility index (Phi) is 4.30. The van der Waals surface area contributed by atoms with Gasteiger partial charge in [-0.05, 0) is 58.0 Å². The molecule has 0 aliphatic carbocycles. The molecule has 0 fully saturated rings. The van der Waals surface area contributed by atoms with Gasteiger partial charge >= 0.3 is 0 Å². The van der Waals surface area contributed by atoms with Gasteiger partial charge in [0, 0.05) is 11.7 Å². The van der Waals surface area contributed by atoms with E-state index < -0.39 is 0 Å². The summed E-state index contributed by atoms with van der Waals surface area (Å²) in [6, 6.07) is 4.67. The van der Waals surface area contributed by atoms with Gasteiger partial charge in [0.25, 0.3) is 0 Å². The highest BCUT2D eigenvalue weighted by Gasteiger charge is 2.06. The standard InChI is InChI=1S/C13H20N2S/c1-8(2)14-13(16)15-12-10(4)6-9(3)7-11(12)5/h6-8H,1-5H3,(H2,14,15,16). The van der Waals surface area contributed by atoms with Crippen LogP contribution >= 0.6 is 12.2 Å². The van der Waals surface area contributed by atoms with Crippen molar-refractivity contribution in [1.29, 1.82) is 0 Å². The third-order valence-electron chi connectivity index (χ3n) is 2.34. The van der Waals surface area contributed by atoms with Crippen LogP contribution in [0.2, 0.25) is 0 Å². The number of thiocarbonyl (C=S) groups is 1. The summed E-state index contributed by atoms with van der Waals surface area (Å²) in [4.78, 5) is 0. The summed E-state index contributed by atoms with van der Waals surface area (Å²) in [6.45, 7) is 10.4. The fourth-order valence-corrected chi connectivity index (χ4v) is 2.13. The van der Waals surface area contributed by atoms with E-state index in [-0.39, 0.29) is 0 Å². The molecule has 0 atom stereocenters. The molecule has 0 bridgehead atoms. The Labute approximate surface area is 103 Å². The lowest BCUT2D eigenvalue weighted by atomic mass is 10.1. The minimum absolute atomic E-state index is 0.353. The van der Waals surface area contributed by atoms with E-state index in [1.807, 2.05) is 0 Å². The van der Waals surface area contributed by atoms with E-state index >= 15 is 0 Å². The van der Waals surface area contributed by atoms with Crippen LogP contribution in [0.25, 0.3) is 0 Å².